The maximum absolute atomic E-state index is 9.20. The Bertz CT molecular complexity index is 235. The molecule has 1 N–H and O–H groups in total. The average molecular weight is 289 g/mol. The third kappa shape index (κ3) is 2.73. The third-order valence-corrected chi connectivity index (χ3v) is 3.44. The summed E-state index contributed by atoms with van der Waals surface area (Å²) in [6, 6.07) is 0. The molecule has 0 aliphatic heterocycles. The topological polar surface area (TPSA) is 20.2 Å². The van der Waals surface area contributed by atoms with Crippen molar-refractivity contribution in [1.82, 2.24) is 0 Å². The Morgan fingerprint density at radius 1 is 0.615 bits per heavy atom. The first-order chi connectivity index (χ1) is 5.46. The number of phenols is 1. The first kappa shape index (κ1) is 14.5. The van der Waals surface area contributed by atoms with Gasteiger partial charge in [-0.15, -0.1) is 0 Å². The maximum Gasteiger partial charge on any atom is 1.00 e. The minimum absolute atomic E-state index is 0. The fourth-order valence-electron chi connectivity index (χ4n) is 0.593. The Kier molecular flexibility index (Phi) is 6.15. The van der Waals surface area contributed by atoms with E-state index >= 15 is 0 Å². The summed E-state index contributed by atoms with van der Waals surface area (Å²) < 4.78 is 0. The number of aromatic hydroxyl groups is 1. The minimum atomic E-state index is -0.363. The van der Waals surface area contributed by atoms with Gasteiger partial charge in [0.25, 0.3) is 0 Å². The van der Waals surface area contributed by atoms with Gasteiger partial charge in [0.2, 0.25) is 0 Å². The molecule has 0 aliphatic carbocycles. The Balaban J connectivity index is 0.00000144. The zero-order chi connectivity index (χ0) is 9.46. The van der Waals surface area contributed by atoms with Crippen LogP contribution in [0.1, 0.15) is 0 Å². The van der Waals surface area contributed by atoms with E-state index in [9.17, 15) is 5.11 Å². The van der Waals surface area contributed by atoms with E-state index in [1.807, 2.05) is 0 Å². The quantitative estimate of drug-likeness (QED) is 0.437. The van der Waals surface area contributed by atoms with Crippen LogP contribution in [-0.2, 0) is 0 Å². The summed E-state index contributed by atoms with van der Waals surface area (Å²) in [6.45, 7) is 0. The van der Waals surface area contributed by atoms with Gasteiger partial charge >= 0.3 is 29.6 Å². The molecule has 66 valence electrons. The number of halogens is 5. The van der Waals surface area contributed by atoms with Crippen molar-refractivity contribution in [2.45, 2.75) is 0 Å². The van der Waals surface area contributed by atoms with Crippen molar-refractivity contribution in [3.05, 3.63) is 25.1 Å². The van der Waals surface area contributed by atoms with E-state index in [-0.39, 0.29) is 60.4 Å². The van der Waals surface area contributed by atoms with Gasteiger partial charge in [-0.2, -0.15) is 0 Å². The van der Waals surface area contributed by atoms with E-state index in [2.05, 4.69) is 0 Å². The van der Waals surface area contributed by atoms with Crippen LogP contribution in [0, 0.1) is 0 Å². The van der Waals surface area contributed by atoms with Gasteiger partial charge < -0.3 is 5.11 Å². The summed E-state index contributed by atoms with van der Waals surface area (Å²) in [7, 11) is 0. The number of hydrogen-bond acceptors (Lipinski definition) is 1. The van der Waals surface area contributed by atoms with Crippen LogP contribution in [-0.4, -0.2) is 5.11 Å². The van der Waals surface area contributed by atoms with Gasteiger partial charge in [0.15, 0.2) is 5.75 Å². The molecule has 0 atom stereocenters. The molecule has 0 fully saturated rings. The Labute approximate surface area is 122 Å². The summed E-state index contributed by atoms with van der Waals surface area (Å²) in [4.78, 5) is 0. The smallest absolute Gasteiger partial charge is 0.505 e. The summed E-state index contributed by atoms with van der Waals surface area (Å²) in [5, 5.41) is 9.01. The average Bonchev–Trinajstić information content (AvgIpc) is 2.08. The predicted molar refractivity (Wildman–Crippen MR) is 53.2 cm³/mol. The SMILES string of the molecule is Oc1c(Cl)c(Cl)c(Cl)c(Cl)c1Cl.[Na+]. The normalized spacial score (nSPS) is 9.62. The van der Waals surface area contributed by atoms with E-state index in [0.29, 0.717) is 0 Å². The van der Waals surface area contributed by atoms with Crippen LogP contribution < -0.4 is 29.6 Å². The van der Waals surface area contributed by atoms with Crippen LogP contribution in [0.15, 0.2) is 0 Å². The molecule has 1 rings (SSSR count). The molecule has 0 bridgehead atoms. The van der Waals surface area contributed by atoms with Crippen LogP contribution in [0.2, 0.25) is 25.1 Å². The molecule has 7 heteroatoms. The number of benzene rings is 1. The molecule has 0 spiro atoms. The molecule has 0 unspecified atom stereocenters. The Hall–Kier alpha value is 1.47. The van der Waals surface area contributed by atoms with E-state index < -0.39 is 0 Å². The molecule has 13 heavy (non-hydrogen) atoms. The standard InChI is InChI=1S/C6HCl5O.Na/c7-1-2(8)4(10)6(12)5(11)3(1)9;/h12H;/q;+1. The van der Waals surface area contributed by atoms with E-state index in [1.54, 1.807) is 0 Å². The van der Waals surface area contributed by atoms with Crippen LogP contribution in [0.25, 0.3) is 0 Å². The van der Waals surface area contributed by atoms with Crippen LogP contribution in [0.4, 0.5) is 0 Å². The molecule has 0 aliphatic rings. The maximum atomic E-state index is 9.20. The monoisotopic (exact) mass is 287 g/mol. The van der Waals surface area contributed by atoms with Gasteiger partial charge in [-0.3, -0.25) is 0 Å². The molecule has 0 saturated heterocycles. The van der Waals surface area contributed by atoms with Gasteiger partial charge in [0, 0.05) is 0 Å². The predicted octanol–water partition coefficient (Wildman–Crippen LogP) is 1.66. The number of phenolic OH excluding ortho intramolecular Hbond substituents is 1. The van der Waals surface area contributed by atoms with Crippen molar-refractivity contribution in [2.75, 3.05) is 0 Å². The van der Waals surface area contributed by atoms with Gasteiger partial charge in [0.1, 0.15) is 10.0 Å². The van der Waals surface area contributed by atoms with Gasteiger partial charge in [-0.05, 0) is 0 Å². The molecular formula is C6HCl5NaO+. The molecular weight excluding hydrogens is 288 g/mol. The zero-order valence-corrected chi connectivity index (χ0v) is 12.1. The fraction of sp³-hybridized carbons (Fsp3) is 0. The van der Waals surface area contributed by atoms with Crippen LogP contribution in [0.3, 0.4) is 0 Å². The Morgan fingerprint density at radius 3 is 1.15 bits per heavy atom. The van der Waals surface area contributed by atoms with Crippen molar-refractivity contribution in [1.29, 1.82) is 0 Å². The summed E-state index contributed by atoms with van der Waals surface area (Å²) in [6.07, 6.45) is 0. The largest absolute Gasteiger partial charge is 1.00 e. The van der Waals surface area contributed by atoms with Gasteiger partial charge in [-0.25, -0.2) is 0 Å². The first-order valence-corrected chi connectivity index (χ1v) is 4.56. The summed E-state index contributed by atoms with van der Waals surface area (Å²) in [5.41, 5.74) is 0. The molecule has 1 nitrogen and oxygen atoms in total. The number of hydrogen-bond donors (Lipinski definition) is 1. The second-order valence-electron chi connectivity index (χ2n) is 1.92. The molecule has 0 heterocycles. The van der Waals surface area contributed by atoms with Crippen molar-refractivity contribution >= 4 is 58.0 Å². The van der Waals surface area contributed by atoms with E-state index in [1.165, 1.54) is 0 Å². The second-order valence-corrected chi connectivity index (χ2v) is 3.81. The summed E-state index contributed by atoms with van der Waals surface area (Å²) >= 11 is 27.9. The summed E-state index contributed by atoms with van der Waals surface area (Å²) in [5.74, 6) is -0.363. The molecule has 0 radical (unpaired) electrons. The molecule has 1 aromatic carbocycles. The van der Waals surface area contributed by atoms with Crippen LogP contribution >= 0.6 is 58.0 Å². The first-order valence-electron chi connectivity index (χ1n) is 2.67. The molecule has 0 aromatic heterocycles. The van der Waals surface area contributed by atoms with E-state index in [0.717, 1.165) is 0 Å². The Morgan fingerprint density at radius 2 is 0.846 bits per heavy atom. The molecule has 1 aromatic rings. The van der Waals surface area contributed by atoms with Crippen molar-refractivity contribution in [3.63, 3.8) is 0 Å². The zero-order valence-electron chi connectivity index (χ0n) is 6.34. The molecule has 0 amide bonds. The fourth-order valence-corrected chi connectivity index (χ4v) is 1.72. The van der Waals surface area contributed by atoms with Gasteiger partial charge in [-0.1, -0.05) is 58.0 Å². The van der Waals surface area contributed by atoms with Crippen molar-refractivity contribution in [2.24, 2.45) is 0 Å². The van der Waals surface area contributed by atoms with Gasteiger partial charge in [0.05, 0.1) is 15.1 Å². The van der Waals surface area contributed by atoms with Crippen molar-refractivity contribution < 1.29 is 34.7 Å². The van der Waals surface area contributed by atoms with Crippen LogP contribution in [0.5, 0.6) is 5.75 Å². The second kappa shape index (κ2) is 5.53. The minimum Gasteiger partial charge on any atom is -0.505 e. The van der Waals surface area contributed by atoms with Crippen molar-refractivity contribution in [3.8, 4) is 5.75 Å². The van der Waals surface area contributed by atoms with E-state index in [4.69, 9.17) is 58.0 Å². The number of rotatable bonds is 0. The molecule has 0 saturated carbocycles. The third-order valence-electron chi connectivity index (χ3n) is 1.19.